The second-order valence-electron chi connectivity index (χ2n) is 9.57. The molecule has 0 bridgehead atoms. The summed E-state index contributed by atoms with van der Waals surface area (Å²) >= 11 is 0. The normalized spacial score (nSPS) is 13.0. The Morgan fingerprint density at radius 3 is 1.98 bits per heavy atom. The highest BCUT2D eigenvalue weighted by Crippen LogP contribution is 2.24. The van der Waals surface area contributed by atoms with Crippen molar-refractivity contribution in [3.8, 4) is 5.75 Å². The van der Waals surface area contributed by atoms with Crippen LogP contribution in [0.25, 0.3) is 0 Å². The van der Waals surface area contributed by atoms with Crippen LogP contribution in [-0.4, -0.2) is 92.2 Å². The predicted octanol–water partition coefficient (Wildman–Crippen LogP) is -2.19. The molecule has 0 radical (unpaired) electrons. The van der Waals surface area contributed by atoms with Crippen LogP contribution < -0.4 is 30.1 Å². The molecule has 42 heavy (non-hydrogen) atoms. The molecule has 1 heterocycles. The van der Waals surface area contributed by atoms with Crippen molar-refractivity contribution < 1.29 is 63.7 Å². The van der Waals surface area contributed by atoms with Gasteiger partial charge in [-0.3, -0.25) is 5.32 Å². The van der Waals surface area contributed by atoms with E-state index in [1.54, 1.807) is 4.90 Å². The fraction of sp³-hybridized carbons (Fsp3) is 0.607. The first-order chi connectivity index (χ1) is 19.9. The average Bonchev–Trinajstić information content (AvgIpc) is 3.46. The van der Waals surface area contributed by atoms with Gasteiger partial charge in [0.25, 0.3) is 0 Å². The number of unbranched alkanes of at least 4 members (excludes halogenated alkanes) is 3. The second-order valence-corrected chi connectivity index (χ2v) is 9.57. The Hall–Kier alpha value is -3.91. The third kappa shape index (κ3) is 18.4. The maximum absolute atomic E-state index is 12.7. The van der Waals surface area contributed by atoms with Gasteiger partial charge in [0.2, 0.25) is 6.10 Å². The molecule has 2 rings (SSSR count). The number of carboxylic acid groups (broad SMARTS) is 4. The lowest BCUT2D eigenvalue weighted by Crippen LogP contribution is -3.15. The molecule has 0 saturated carbocycles. The van der Waals surface area contributed by atoms with E-state index in [4.69, 9.17) is 49.1 Å². The standard InChI is InChI=1S/C24H41N3O3.2C2H2O4/c1-4-7-8-13-18-29-23-15-10-9-14-22(23)25-24(28)30-21(19-26(5-2)6-3)20-27-16-11-12-17-27;2*3-1(4)2(5)6/h9-10,14-15,21H,4-8,11-13,16-20H2,1-3H3,(H,25,28);2*(H,3,4)(H,5,6). The molecule has 1 aromatic carbocycles. The van der Waals surface area contributed by atoms with Gasteiger partial charge in [0.05, 0.1) is 38.5 Å². The lowest BCUT2D eigenvalue weighted by molar-refractivity contribution is -0.917. The number of nitrogens with one attached hydrogen (secondary N) is 3. The number of likely N-dealkylation sites (tertiary alicyclic amines) is 1. The van der Waals surface area contributed by atoms with Crippen LogP contribution in [0.4, 0.5) is 10.5 Å². The second kappa shape index (κ2) is 22.7. The number of hydrogen-bond donors (Lipinski definition) is 5. The lowest BCUT2D eigenvalue weighted by atomic mass is 10.2. The van der Waals surface area contributed by atoms with Gasteiger partial charge in [-0.05, 0) is 32.4 Å². The highest BCUT2D eigenvalue weighted by molar-refractivity contribution is 6.26. The minimum absolute atomic E-state index is 0.0740. The summed E-state index contributed by atoms with van der Waals surface area (Å²) in [4.78, 5) is 51.8. The van der Waals surface area contributed by atoms with Crippen molar-refractivity contribution >= 4 is 35.7 Å². The molecule has 238 valence electrons. The Morgan fingerprint density at radius 1 is 0.929 bits per heavy atom. The summed E-state index contributed by atoms with van der Waals surface area (Å²) in [6.07, 6.45) is 6.72. The molecule has 14 heteroatoms. The van der Waals surface area contributed by atoms with Gasteiger partial charge in [0, 0.05) is 12.8 Å². The Balaban J connectivity index is 0.00000117. The van der Waals surface area contributed by atoms with Gasteiger partial charge in [-0.15, -0.1) is 0 Å². The smallest absolute Gasteiger partial charge is 0.412 e. The molecule has 1 unspecified atom stereocenters. The van der Waals surface area contributed by atoms with E-state index in [-0.39, 0.29) is 12.2 Å². The molecule has 1 aliphatic heterocycles. The maximum atomic E-state index is 12.7. The number of carbonyl (C=O) groups excluding carboxylic acids is 3. The Morgan fingerprint density at radius 2 is 1.48 bits per heavy atom. The van der Waals surface area contributed by atoms with E-state index in [9.17, 15) is 4.79 Å². The topological polar surface area (TPSA) is 211 Å². The zero-order valence-electron chi connectivity index (χ0n) is 24.6. The highest BCUT2D eigenvalue weighted by Gasteiger charge is 2.27. The number of quaternary nitrogens is 2. The van der Waals surface area contributed by atoms with Gasteiger partial charge in [0.1, 0.15) is 18.8 Å². The van der Waals surface area contributed by atoms with Crippen LogP contribution >= 0.6 is 0 Å². The van der Waals surface area contributed by atoms with Crippen molar-refractivity contribution in [2.24, 2.45) is 0 Å². The van der Waals surface area contributed by atoms with Gasteiger partial charge >= 0.3 is 18.0 Å². The predicted molar refractivity (Wildman–Crippen MR) is 147 cm³/mol. The van der Waals surface area contributed by atoms with Crippen molar-refractivity contribution in [1.82, 2.24) is 0 Å². The number of hydrogen-bond acceptors (Lipinski definition) is 9. The number of rotatable bonds is 14. The number of aliphatic carboxylic acids is 4. The zero-order chi connectivity index (χ0) is 31.9. The molecule has 1 aliphatic rings. The molecule has 1 fully saturated rings. The third-order valence-electron chi connectivity index (χ3n) is 6.35. The van der Waals surface area contributed by atoms with Gasteiger partial charge < -0.3 is 49.3 Å². The first-order valence-corrected chi connectivity index (χ1v) is 14.2. The summed E-state index contributed by atoms with van der Waals surface area (Å²) in [7, 11) is 0. The number of carbonyl (C=O) groups is 5. The molecule has 0 aromatic heterocycles. The van der Waals surface area contributed by atoms with Crippen LogP contribution in [0.5, 0.6) is 5.75 Å². The van der Waals surface area contributed by atoms with Crippen LogP contribution in [0, 0.1) is 0 Å². The van der Waals surface area contributed by atoms with E-state index >= 15 is 0 Å². The summed E-state index contributed by atoms with van der Waals surface area (Å²) in [6, 6.07) is 7.62. The van der Waals surface area contributed by atoms with Gasteiger partial charge in [-0.2, -0.15) is 0 Å². The maximum Gasteiger partial charge on any atom is 0.412 e. The van der Waals surface area contributed by atoms with Gasteiger partial charge in [-0.1, -0.05) is 38.3 Å². The van der Waals surface area contributed by atoms with E-state index in [0.29, 0.717) is 18.0 Å². The van der Waals surface area contributed by atoms with E-state index < -0.39 is 23.9 Å². The van der Waals surface area contributed by atoms with Crippen molar-refractivity contribution in [3.63, 3.8) is 0 Å². The molecule has 0 spiro atoms. The fourth-order valence-electron chi connectivity index (χ4n) is 4.11. The monoisotopic (exact) mass is 599 g/mol. The van der Waals surface area contributed by atoms with Crippen LogP contribution in [0.1, 0.15) is 59.3 Å². The molecule has 14 nitrogen and oxygen atoms in total. The Bertz CT molecular complexity index is 912. The number of likely N-dealkylation sites (N-methyl/N-ethyl adjacent to an activating group) is 1. The lowest BCUT2D eigenvalue weighted by Gasteiger charge is -2.25. The molecule has 5 N–H and O–H groups in total. The van der Waals surface area contributed by atoms with Crippen LogP contribution in [0.15, 0.2) is 24.3 Å². The SMILES string of the molecule is CCCCCCOc1ccccc1NC(=O)OC(C[NH+](CC)CC)C[NH+]1CCCC1.O=C([O-])C(=O)O.O=C([O-])C(=O)O. The van der Waals surface area contributed by atoms with Crippen LogP contribution in [0.3, 0.4) is 0 Å². The first-order valence-electron chi connectivity index (χ1n) is 14.2. The molecule has 1 saturated heterocycles. The van der Waals surface area contributed by atoms with E-state index in [1.807, 2.05) is 24.3 Å². The van der Waals surface area contributed by atoms with Crippen molar-refractivity contribution in [2.75, 3.05) is 51.2 Å². The van der Waals surface area contributed by atoms with Crippen molar-refractivity contribution in [2.45, 2.75) is 65.4 Å². The van der Waals surface area contributed by atoms with E-state index in [0.717, 1.165) is 32.6 Å². The van der Waals surface area contributed by atoms with Crippen molar-refractivity contribution in [3.05, 3.63) is 24.3 Å². The summed E-state index contributed by atoms with van der Waals surface area (Å²) in [5, 5.41) is 35.6. The number of benzene rings is 1. The number of amides is 1. The Kier molecular flexibility index (Phi) is 20.6. The average molecular weight is 600 g/mol. The minimum Gasteiger partial charge on any atom is -0.539 e. The minimum atomic E-state index is -2.07. The summed E-state index contributed by atoms with van der Waals surface area (Å²) in [6.45, 7) is 13.5. The number of ether oxygens (including phenoxy) is 2. The van der Waals surface area contributed by atoms with Gasteiger partial charge in [-0.25, -0.2) is 14.4 Å². The molecular weight excluding hydrogens is 554 g/mol. The molecule has 1 aromatic rings. The van der Waals surface area contributed by atoms with E-state index in [1.165, 1.54) is 50.1 Å². The van der Waals surface area contributed by atoms with Crippen molar-refractivity contribution in [1.29, 1.82) is 0 Å². The quantitative estimate of drug-likeness (QED) is 0.114. The van der Waals surface area contributed by atoms with Gasteiger partial charge in [0.15, 0.2) is 11.9 Å². The molecule has 0 aliphatic carbocycles. The third-order valence-corrected chi connectivity index (χ3v) is 6.35. The summed E-state index contributed by atoms with van der Waals surface area (Å²) < 4.78 is 11.8. The number of para-hydroxylation sites is 2. The fourth-order valence-corrected chi connectivity index (χ4v) is 4.11. The van der Waals surface area contributed by atoms with E-state index in [2.05, 4.69) is 26.1 Å². The largest absolute Gasteiger partial charge is 0.539 e. The zero-order valence-corrected chi connectivity index (χ0v) is 24.6. The Labute approximate surface area is 246 Å². The highest BCUT2D eigenvalue weighted by atomic mass is 16.6. The molecule has 1 atom stereocenters. The van der Waals surface area contributed by atoms with Crippen LogP contribution in [-0.2, 0) is 23.9 Å². The van der Waals surface area contributed by atoms with Crippen LogP contribution in [0.2, 0.25) is 0 Å². The number of anilines is 1. The summed E-state index contributed by atoms with van der Waals surface area (Å²) in [5.74, 6) is -7.31. The molecule has 1 amide bonds. The summed E-state index contributed by atoms with van der Waals surface area (Å²) in [5.41, 5.74) is 0.681. The first kappa shape index (κ1) is 38.1. The number of carboxylic acids is 4. The molecular formula is C28H45N3O11.